The molecule has 1 spiro atoms. The molecule has 0 aromatic heterocycles. The van der Waals surface area contributed by atoms with Crippen LogP contribution in [0.5, 0.6) is 0 Å². The van der Waals surface area contributed by atoms with E-state index in [1.54, 1.807) is 0 Å². The molecule has 2 rings (SSSR count). The van der Waals surface area contributed by atoms with E-state index in [1.165, 1.54) is 32.1 Å². The van der Waals surface area contributed by atoms with Crippen LogP contribution in [0.3, 0.4) is 0 Å². The van der Waals surface area contributed by atoms with Crippen LogP contribution in [0.1, 0.15) is 46.0 Å². The Hall–Kier alpha value is -0.0400. The molecule has 12 heavy (non-hydrogen) atoms. The third-order valence-corrected chi connectivity index (χ3v) is 4.47. The highest BCUT2D eigenvalue weighted by Gasteiger charge is 2.62. The Morgan fingerprint density at radius 1 is 1.25 bits per heavy atom. The second-order valence-corrected chi connectivity index (χ2v) is 5.33. The van der Waals surface area contributed by atoms with E-state index in [-0.39, 0.29) is 0 Å². The van der Waals surface area contributed by atoms with Crippen molar-refractivity contribution in [3.05, 3.63) is 0 Å². The Morgan fingerprint density at radius 3 is 2.42 bits per heavy atom. The maximum Gasteiger partial charge on any atom is 0.0464 e. The number of aliphatic hydroxyl groups is 1. The molecule has 0 amide bonds. The van der Waals surface area contributed by atoms with Gasteiger partial charge >= 0.3 is 0 Å². The standard InChI is InChI=1S/C11H20O/c1-10(2)5-3-4-6-11(10)7-9(11)8-12/h9,12H,3-8H2,1-2H3. The molecule has 0 aromatic rings. The molecule has 70 valence electrons. The Balaban J connectivity index is 2.13. The zero-order valence-corrected chi connectivity index (χ0v) is 8.27. The second-order valence-electron chi connectivity index (χ2n) is 5.33. The molecular formula is C11H20O. The summed E-state index contributed by atoms with van der Waals surface area (Å²) in [6, 6.07) is 0. The summed E-state index contributed by atoms with van der Waals surface area (Å²) >= 11 is 0. The first-order chi connectivity index (χ1) is 5.62. The molecular weight excluding hydrogens is 148 g/mol. The Labute approximate surface area is 75.2 Å². The summed E-state index contributed by atoms with van der Waals surface area (Å²) < 4.78 is 0. The summed E-state index contributed by atoms with van der Waals surface area (Å²) in [6.07, 6.45) is 6.80. The van der Waals surface area contributed by atoms with E-state index in [0.717, 1.165) is 0 Å². The molecule has 0 saturated heterocycles. The number of aliphatic hydroxyl groups excluding tert-OH is 1. The molecule has 0 heterocycles. The van der Waals surface area contributed by atoms with Crippen molar-refractivity contribution in [2.75, 3.05) is 6.61 Å². The molecule has 0 aliphatic heterocycles. The molecule has 1 nitrogen and oxygen atoms in total. The van der Waals surface area contributed by atoms with Gasteiger partial charge in [-0.25, -0.2) is 0 Å². The van der Waals surface area contributed by atoms with Crippen LogP contribution in [0, 0.1) is 16.7 Å². The van der Waals surface area contributed by atoms with E-state index in [2.05, 4.69) is 13.8 Å². The lowest BCUT2D eigenvalue weighted by atomic mass is 9.65. The Bertz CT molecular complexity index is 185. The molecule has 2 unspecified atom stereocenters. The average Bonchev–Trinajstić information content (AvgIpc) is 2.72. The summed E-state index contributed by atoms with van der Waals surface area (Å²) in [5.41, 5.74) is 1.04. The number of hydrogen-bond donors (Lipinski definition) is 1. The molecule has 2 aliphatic carbocycles. The zero-order valence-electron chi connectivity index (χ0n) is 8.27. The predicted molar refractivity (Wildman–Crippen MR) is 49.9 cm³/mol. The monoisotopic (exact) mass is 168 g/mol. The topological polar surface area (TPSA) is 20.2 Å². The molecule has 1 N–H and O–H groups in total. The van der Waals surface area contributed by atoms with Crippen molar-refractivity contribution in [1.29, 1.82) is 0 Å². The van der Waals surface area contributed by atoms with Crippen LogP contribution in [0.15, 0.2) is 0 Å². The average molecular weight is 168 g/mol. The summed E-state index contributed by atoms with van der Waals surface area (Å²) in [6.45, 7) is 5.20. The van der Waals surface area contributed by atoms with E-state index >= 15 is 0 Å². The first-order valence-electron chi connectivity index (χ1n) is 5.23. The van der Waals surface area contributed by atoms with Gasteiger partial charge in [-0.15, -0.1) is 0 Å². The van der Waals surface area contributed by atoms with Gasteiger partial charge in [-0.2, -0.15) is 0 Å². The van der Waals surface area contributed by atoms with Crippen molar-refractivity contribution in [3.8, 4) is 0 Å². The minimum atomic E-state index is 0.420. The predicted octanol–water partition coefficient (Wildman–Crippen LogP) is 2.59. The first kappa shape index (κ1) is 8.55. The maximum absolute atomic E-state index is 9.16. The molecule has 0 bridgehead atoms. The molecule has 2 aliphatic rings. The van der Waals surface area contributed by atoms with Gasteiger partial charge in [0.2, 0.25) is 0 Å². The summed E-state index contributed by atoms with van der Waals surface area (Å²) in [7, 11) is 0. The van der Waals surface area contributed by atoms with Gasteiger partial charge in [-0.1, -0.05) is 26.7 Å². The van der Waals surface area contributed by atoms with Crippen LogP contribution in [-0.2, 0) is 0 Å². The van der Waals surface area contributed by atoms with Gasteiger partial charge in [0, 0.05) is 6.61 Å². The van der Waals surface area contributed by atoms with E-state index in [1.807, 2.05) is 0 Å². The van der Waals surface area contributed by atoms with Gasteiger partial charge in [0.1, 0.15) is 0 Å². The lowest BCUT2D eigenvalue weighted by Gasteiger charge is -2.40. The van der Waals surface area contributed by atoms with Gasteiger partial charge in [0.25, 0.3) is 0 Å². The quantitative estimate of drug-likeness (QED) is 0.638. The molecule has 2 atom stereocenters. The summed E-state index contributed by atoms with van der Waals surface area (Å²) in [5, 5.41) is 9.16. The van der Waals surface area contributed by atoms with Crippen LogP contribution in [-0.4, -0.2) is 11.7 Å². The van der Waals surface area contributed by atoms with Crippen LogP contribution in [0.4, 0.5) is 0 Å². The third kappa shape index (κ3) is 0.953. The van der Waals surface area contributed by atoms with Crippen molar-refractivity contribution >= 4 is 0 Å². The molecule has 0 radical (unpaired) electrons. The van der Waals surface area contributed by atoms with E-state index in [9.17, 15) is 0 Å². The smallest absolute Gasteiger partial charge is 0.0464 e. The van der Waals surface area contributed by atoms with E-state index in [4.69, 9.17) is 5.11 Å². The fraction of sp³-hybridized carbons (Fsp3) is 1.00. The van der Waals surface area contributed by atoms with Crippen molar-refractivity contribution in [2.24, 2.45) is 16.7 Å². The zero-order chi connectivity index (χ0) is 8.82. The normalized spacial score (nSPS) is 44.8. The van der Waals surface area contributed by atoms with Crippen molar-refractivity contribution in [3.63, 3.8) is 0 Å². The maximum atomic E-state index is 9.16. The molecule has 2 fully saturated rings. The lowest BCUT2D eigenvalue weighted by Crippen LogP contribution is -2.31. The highest BCUT2D eigenvalue weighted by molar-refractivity contribution is 5.11. The van der Waals surface area contributed by atoms with E-state index in [0.29, 0.717) is 23.4 Å². The van der Waals surface area contributed by atoms with Crippen molar-refractivity contribution in [2.45, 2.75) is 46.0 Å². The van der Waals surface area contributed by atoms with E-state index < -0.39 is 0 Å². The third-order valence-electron chi connectivity index (χ3n) is 4.47. The molecule has 1 heteroatoms. The van der Waals surface area contributed by atoms with Gasteiger partial charge in [0.15, 0.2) is 0 Å². The van der Waals surface area contributed by atoms with Crippen LogP contribution < -0.4 is 0 Å². The van der Waals surface area contributed by atoms with Gasteiger partial charge in [-0.3, -0.25) is 0 Å². The van der Waals surface area contributed by atoms with Crippen LogP contribution in [0.2, 0.25) is 0 Å². The lowest BCUT2D eigenvalue weighted by molar-refractivity contribution is 0.0841. The van der Waals surface area contributed by atoms with Crippen LogP contribution in [0.25, 0.3) is 0 Å². The Kier molecular flexibility index (Phi) is 1.76. The summed E-state index contributed by atoms with van der Waals surface area (Å²) in [4.78, 5) is 0. The van der Waals surface area contributed by atoms with Gasteiger partial charge in [-0.05, 0) is 36.0 Å². The second kappa shape index (κ2) is 2.47. The first-order valence-corrected chi connectivity index (χ1v) is 5.23. The number of rotatable bonds is 1. The minimum Gasteiger partial charge on any atom is -0.396 e. The van der Waals surface area contributed by atoms with Gasteiger partial charge < -0.3 is 5.11 Å². The molecule has 2 saturated carbocycles. The largest absolute Gasteiger partial charge is 0.396 e. The summed E-state index contributed by atoms with van der Waals surface area (Å²) in [5.74, 6) is 0.632. The Morgan fingerprint density at radius 2 is 1.92 bits per heavy atom. The van der Waals surface area contributed by atoms with Crippen molar-refractivity contribution in [1.82, 2.24) is 0 Å². The van der Waals surface area contributed by atoms with Crippen molar-refractivity contribution < 1.29 is 5.11 Å². The highest BCUT2D eigenvalue weighted by atomic mass is 16.3. The van der Waals surface area contributed by atoms with Gasteiger partial charge in [0.05, 0.1) is 0 Å². The number of hydrogen-bond acceptors (Lipinski definition) is 1. The SMILES string of the molecule is CC1(C)CCCCC12CC2CO. The fourth-order valence-corrected chi connectivity index (χ4v) is 3.35. The fourth-order valence-electron chi connectivity index (χ4n) is 3.35. The minimum absolute atomic E-state index is 0.420. The van der Waals surface area contributed by atoms with Crippen LogP contribution >= 0.6 is 0 Å². The highest BCUT2D eigenvalue weighted by Crippen LogP contribution is 2.69. The molecule has 0 aromatic carbocycles.